The summed E-state index contributed by atoms with van der Waals surface area (Å²) < 4.78 is 5.11. The normalized spacial score (nSPS) is 12.9. The van der Waals surface area contributed by atoms with E-state index in [2.05, 4.69) is 6.58 Å². The molecule has 0 aliphatic rings. The van der Waals surface area contributed by atoms with E-state index in [0.29, 0.717) is 28.7 Å². The minimum atomic E-state index is -1.08. The standard InChI is InChI=1S/C19H19NO4/c1-14(15-6-4-3-5-7-15)19(20(22)23)18(12-13-21)16-8-10-17(24-2)11-9-16/h3-11,13,18-19H,1,12H2,2H3/t18-,19-/m1/s1. The lowest BCUT2D eigenvalue weighted by molar-refractivity contribution is -0.509. The van der Waals surface area contributed by atoms with Gasteiger partial charge in [0.1, 0.15) is 12.0 Å². The fraction of sp³-hybridized carbons (Fsp3) is 0.211. The number of aldehydes is 1. The maximum absolute atomic E-state index is 11.7. The maximum Gasteiger partial charge on any atom is 0.245 e. The van der Waals surface area contributed by atoms with Crippen LogP contribution in [-0.4, -0.2) is 24.4 Å². The summed E-state index contributed by atoms with van der Waals surface area (Å²) in [7, 11) is 1.55. The van der Waals surface area contributed by atoms with Gasteiger partial charge in [0, 0.05) is 16.9 Å². The minimum absolute atomic E-state index is 0.0455. The predicted octanol–water partition coefficient (Wildman–Crippen LogP) is 3.73. The smallest absolute Gasteiger partial charge is 0.245 e. The van der Waals surface area contributed by atoms with E-state index in [1.807, 2.05) is 6.07 Å². The maximum atomic E-state index is 11.7. The number of benzene rings is 2. The predicted molar refractivity (Wildman–Crippen MR) is 92.7 cm³/mol. The third-order valence-corrected chi connectivity index (χ3v) is 4.00. The van der Waals surface area contributed by atoms with Crippen molar-refractivity contribution in [2.75, 3.05) is 7.11 Å². The molecule has 2 aromatic rings. The quantitative estimate of drug-likeness (QED) is 0.421. The Morgan fingerprint density at radius 3 is 2.33 bits per heavy atom. The van der Waals surface area contributed by atoms with Gasteiger partial charge in [-0.3, -0.25) is 10.1 Å². The van der Waals surface area contributed by atoms with E-state index in [1.165, 1.54) is 0 Å². The first-order valence-electron chi connectivity index (χ1n) is 7.53. The van der Waals surface area contributed by atoms with Gasteiger partial charge in [0.15, 0.2) is 0 Å². The second-order valence-corrected chi connectivity index (χ2v) is 5.40. The number of nitrogens with zero attached hydrogens (tertiary/aromatic N) is 1. The molecule has 5 nitrogen and oxygen atoms in total. The molecule has 2 rings (SSSR count). The van der Waals surface area contributed by atoms with Crippen molar-refractivity contribution in [3.05, 3.63) is 82.4 Å². The number of nitro groups is 1. The van der Waals surface area contributed by atoms with Gasteiger partial charge in [0.2, 0.25) is 6.04 Å². The molecule has 0 bridgehead atoms. The Hall–Kier alpha value is -2.95. The average Bonchev–Trinajstić information content (AvgIpc) is 2.61. The number of carbonyl (C=O) groups is 1. The molecule has 124 valence electrons. The summed E-state index contributed by atoms with van der Waals surface area (Å²) in [4.78, 5) is 22.5. The molecule has 0 saturated carbocycles. The summed E-state index contributed by atoms with van der Waals surface area (Å²) in [5, 5.41) is 11.7. The highest BCUT2D eigenvalue weighted by Crippen LogP contribution is 2.33. The van der Waals surface area contributed by atoms with Crippen molar-refractivity contribution >= 4 is 11.9 Å². The molecule has 2 aromatic carbocycles. The van der Waals surface area contributed by atoms with E-state index in [4.69, 9.17) is 4.74 Å². The molecular formula is C19H19NO4. The lowest BCUT2D eigenvalue weighted by Gasteiger charge is -2.21. The summed E-state index contributed by atoms with van der Waals surface area (Å²) in [6.07, 6.45) is 0.757. The third kappa shape index (κ3) is 3.87. The van der Waals surface area contributed by atoms with E-state index >= 15 is 0 Å². The van der Waals surface area contributed by atoms with Crippen molar-refractivity contribution in [1.29, 1.82) is 0 Å². The van der Waals surface area contributed by atoms with Gasteiger partial charge in [-0.25, -0.2) is 0 Å². The second kappa shape index (κ2) is 8.06. The first-order valence-corrected chi connectivity index (χ1v) is 7.53. The van der Waals surface area contributed by atoms with E-state index in [0.717, 1.165) is 0 Å². The van der Waals surface area contributed by atoms with Gasteiger partial charge in [0.05, 0.1) is 13.0 Å². The molecule has 0 N–H and O–H groups in total. The molecule has 2 atom stereocenters. The lowest BCUT2D eigenvalue weighted by Crippen LogP contribution is -2.29. The molecule has 0 heterocycles. The van der Waals surface area contributed by atoms with Gasteiger partial charge in [0.25, 0.3) is 0 Å². The summed E-state index contributed by atoms with van der Waals surface area (Å²) in [6, 6.07) is 14.9. The molecule has 5 heteroatoms. The fourth-order valence-corrected chi connectivity index (χ4v) is 2.74. The van der Waals surface area contributed by atoms with E-state index in [9.17, 15) is 14.9 Å². The molecule has 0 amide bonds. The number of methoxy groups -OCH3 is 1. The van der Waals surface area contributed by atoms with Gasteiger partial charge in [-0.05, 0) is 23.3 Å². The lowest BCUT2D eigenvalue weighted by atomic mass is 9.83. The summed E-state index contributed by atoms with van der Waals surface area (Å²) in [5.41, 5.74) is 1.80. The molecule has 0 saturated heterocycles. The Morgan fingerprint density at radius 1 is 1.21 bits per heavy atom. The molecule has 0 radical (unpaired) electrons. The molecular weight excluding hydrogens is 306 g/mol. The van der Waals surface area contributed by atoms with Crippen LogP contribution in [0, 0.1) is 10.1 Å². The van der Waals surface area contributed by atoms with Crippen molar-refractivity contribution in [3.8, 4) is 5.75 Å². The van der Waals surface area contributed by atoms with Gasteiger partial charge in [-0.15, -0.1) is 0 Å². The zero-order valence-electron chi connectivity index (χ0n) is 13.4. The monoisotopic (exact) mass is 325 g/mol. The highest BCUT2D eigenvalue weighted by molar-refractivity contribution is 5.68. The van der Waals surface area contributed by atoms with E-state index in [-0.39, 0.29) is 11.3 Å². The van der Waals surface area contributed by atoms with Crippen LogP contribution in [0.3, 0.4) is 0 Å². The van der Waals surface area contributed by atoms with Crippen molar-refractivity contribution in [1.82, 2.24) is 0 Å². The van der Waals surface area contributed by atoms with Gasteiger partial charge < -0.3 is 9.53 Å². The third-order valence-electron chi connectivity index (χ3n) is 4.00. The summed E-state index contributed by atoms with van der Waals surface area (Å²) >= 11 is 0. The van der Waals surface area contributed by atoms with Crippen molar-refractivity contribution < 1.29 is 14.5 Å². The van der Waals surface area contributed by atoms with Crippen LogP contribution in [-0.2, 0) is 4.79 Å². The van der Waals surface area contributed by atoms with Crippen LogP contribution < -0.4 is 4.74 Å². The second-order valence-electron chi connectivity index (χ2n) is 5.40. The molecule has 24 heavy (non-hydrogen) atoms. The van der Waals surface area contributed by atoms with E-state index < -0.39 is 12.0 Å². The van der Waals surface area contributed by atoms with Crippen molar-refractivity contribution in [2.24, 2.45) is 0 Å². The molecule has 0 spiro atoms. The van der Waals surface area contributed by atoms with E-state index in [1.54, 1.807) is 55.6 Å². The van der Waals surface area contributed by atoms with Crippen LogP contribution in [0.5, 0.6) is 5.75 Å². The Balaban J connectivity index is 2.41. The van der Waals surface area contributed by atoms with Crippen LogP contribution in [0.2, 0.25) is 0 Å². The van der Waals surface area contributed by atoms with Gasteiger partial charge in [-0.1, -0.05) is 49.0 Å². The number of ether oxygens (including phenoxy) is 1. The molecule has 0 fully saturated rings. The Kier molecular flexibility index (Phi) is 5.84. The molecule has 0 aromatic heterocycles. The largest absolute Gasteiger partial charge is 0.497 e. The Morgan fingerprint density at radius 2 is 1.83 bits per heavy atom. The molecule has 0 aliphatic carbocycles. The molecule has 0 unspecified atom stereocenters. The van der Waals surface area contributed by atoms with Crippen LogP contribution in [0.1, 0.15) is 23.5 Å². The zero-order valence-corrected chi connectivity index (χ0v) is 13.4. The minimum Gasteiger partial charge on any atom is -0.497 e. The fourth-order valence-electron chi connectivity index (χ4n) is 2.74. The Labute approximate surface area is 140 Å². The number of hydrogen-bond donors (Lipinski definition) is 0. The van der Waals surface area contributed by atoms with Crippen LogP contribution in [0.15, 0.2) is 61.2 Å². The SMILES string of the molecule is C=C(c1ccccc1)[C@H]([C@H](CC=O)c1ccc(OC)cc1)[N+](=O)[O-]. The highest BCUT2D eigenvalue weighted by atomic mass is 16.6. The van der Waals surface area contributed by atoms with Crippen LogP contribution >= 0.6 is 0 Å². The average molecular weight is 325 g/mol. The number of carbonyl (C=O) groups excluding carboxylic acids is 1. The van der Waals surface area contributed by atoms with Crippen LogP contribution in [0.25, 0.3) is 5.57 Å². The van der Waals surface area contributed by atoms with Gasteiger partial charge >= 0.3 is 0 Å². The van der Waals surface area contributed by atoms with Gasteiger partial charge in [-0.2, -0.15) is 0 Å². The number of hydrogen-bond acceptors (Lipinski definition) is 4. The first kappa shape index (κ1) is 17.4. The Bertz CT molecular complexity index is 710. The zero-order chi connectivity index (χ0) is 17.5. The first-order chi connectivity index (χ1) is 11.6. The van der Waals surface area contributed by atoms with Crippen LogP contribution in [0.4, 0.5) is 0 Å². The topological polar surface area (TPSA) is 69.4 Å². The molecule has 0 aliphatic heterocycles. The summed E-state index contributed by atoms with van der Waals surface area (Å²) in [5.74, 6) is 0.0688. The number of rotatable bonds is 8. The highest BCUT2D eigenvalue weighted by Gasteiger charge is 2.35. The summed E-state index contributed by atoms with van der Waals surface area (Å²) in [6.45, 7) is 3.93. The van der Waals surface area contributed by atoms with Crippen molar-refractivity contribution in [2.45, 2.75) is 18.4 Å². The van der Waals surface area contributed by atoms with Crippen molar-refractivity contribution in [3.63, 3.8) is 0 Å².